The number of carbonyl (C=O) groups is 1. The first-order valence-electron chi connectivity index (χ1n) is 10.2. The predicted molar refractivity (Wildman–Crippen MR) is 129 cm³/mol. The van der Waals surface area contributed by atoms with Gasteiger partial charge < -0.3 is 14.8 Å². The number of carbonyl (C=O) groups excluding carboxylic acids is 1. The molecule has 0 aliphatic carbocycles. The standard InChI is InChI=1S/C22H23FN6OS2/c1-4-29(5-2)16-9-6-14(7-10-16)20-26-27-22(28(20)3)31-13-19(30)25-21-24-17-11-8-15(23)12-18(17)32-21/h6-12H,4-5,13H2,1-3H3,(H,24,25,30). The molecule has 4 aromatic rings. The fourth-order valence-corrected chi connectivity index (χ4v) is 4.96. The Morgan fingerprint density at radius 1 is 1.16 bits per heavy atom. The molecule has 166 valence electrons. The molecule has 10 heteroatoms. The smallest absolute Gasteiger partial charge is 0.236 e. The third-order valence-electron chi connectivity index (χ3n) is 5.02. The van der Waals surface area contributed by atoms with Gasteiger partial charge in [0.15, 0.2) is 16.1 Å². The minimum atomic E-state index is -0.324. The number of nitrogens with zero attached hydrogens (tertiary/aromatic N) is 5. The van der Waals surface area contributed by atoms with E-state index in [0.29, 0.717) is 20.5 Å². The van der Waals surface area contributed by atoms with Crippen LogP contribution in [0.4, 0.5) is 15.2 Å². The Morgan fingerprint density at radius 3 is 2.62 bits per heavy atom. The molecule has 0 radical (unpaired) electrons. The van der Waals surface area contributed by atoms with Crippen LogP contribution in [0.15, 0.2) is 47.6 Å². The number of halogens is 1. The van der Waals surface area contributed by atoms with Gasteiger partial charge in [0, 0.05) is 31.4 Å². The third kappa shape index (κ3) is 4.76. The Labute approximate surface area is 193 Å². The second-order valence-corrected chi connectivity index (χ2v) is 9.03. The summed E-state index contributed by atoms with van der Waals surface area (Å²) in [6.45, 7) is 6.18. The molecular weight excluding hydrogens is 447 g/mol. The van der Waals surface area contributed by atoms with Gasteiger partial charge in [-0.25, -0.2) is 9.37 Å². The fraction of sp³-hybridized carbons (Fsp3) is 0.273. The summed E-state index contributed by atoms with van der Waals surface area (Å²) in [7, 11) is 1.88. The zero-order valence-electron chi connectivity index (χ0n) is 18.0. The molecule has 0 aliphatic rings. The molecule has 1 amide bonds. The van der Waals surface area contributed by atoms with Gasteiger partial charge in [-0.2, -0.15) is 0 Å². The molecule has 2 heterocycles. The Bertz CT molecular complexity index is 1230. The maximum absolute atomic E-state index is 13.3. The maximum Gasteiger partial charge on any atom is 0.236 e. The first-order valence-corrected chi connectivity index (χ1v) is 12.0. The zero-order chi connectivity index (χ0) is 22.7. The lowest BCUT2D eigenvalue weighted by atomic mass is 10.2. The summed E-state index contributed by atoms with van der Waals surface area (Å²) in [6, 6.07) is 12.6. The van der Waals surface area contributed by atoms with E-state index in [2.05, 4.69) is 51.4 Å². The molecule has 7 nitrogen and oxygen atoms in total. The van der Waals surface area contributed by atoms with Gasteiger partial charge in [0.25, 0.3) is 0 Å². The van der Waals surface area contributed by atoms with Crippen molar-refractivity contribution in [3.8, 4) is 11.4 Å². The van der Waals surface area contributed by atoms with Crippen molar-refractivity contribution in [3.05, 3.63) is 48.3 Å². The summed E-state index contributed by atoms with van der Waals surface area (Å²) in [5.41, 5.74) is 2.79. The number of aromatic nitrogens is 4. The van der Waals surface area contributed by atoms with E-state index in [4.69, 9.17) is 0 Å². The molecule has 1 N–H and O–H groups in total. The minimum absolute atomic E-state index is 0.164. The summed E-state index contributed by atoms with van der Waals surface area (Å²) < 4.78 is 15.9. The van der Waals surface area contributed by atoms with Crippen LogP contribution in [0.1, 0.15) is 13.8 Å². The van der Waals surface area contributed by atoms with Crippen LogP contribution in [0.3, 0.4) is 0 Å². The van der Waals surface area contributed by atoms with Crippen LogP contribution in [0, 0.1) is 5.82 Å². The van der Waals surface area contributed by atoms with Gasteiger partial charge in [-0.1, -0.05) is 23.1 Å². The number of amides is 1. The number of thioether (sulfide) groups is 1. The van der Waals surface area contributed by atoms with E-state index in [-0.39, 0.29) is 17.5 Å². The van der Waals surface area contributed by atoms with Gasteiger partial charge in [0.2, 0.25) is 5.91 Å². The van der Waals surface area contributed by atoms with Crippen molar-refractivity contribution in [3.63, 3.8) is 0 Å². The second-order valence-electron chi connectivity index (χ2n) is 7.05. The van der Waals surface area contributed by atoms with Crippen LogP contribution < -0.4 is 10.2 Å². The lowest BCUT2D eigenvalue weighted by molar-refractivity contribution is -0.113. The van der Waals surface area contributed by atoms with Crippen LogP contribution >= 0.6 is 23.1 Å². The fourth-order valence-electron chi connectivity index (χ4n) is 3.34. The minimum Gasteiger partial charge on any atom is -0.372 e. The van der Waals surface area contributed by atoms with Gasteiger partial charge in [-0.15, -0.1) is 10.2 Å². The first-order chi connectivity index (χ1) is 15.5. The van der Waals surface area contributed by atoms with Crippen molar-refractivity contribution in [2.75, 3.05) is 29.1 Å². The molecule has 0 saturated carbocycles. The Morgan fingerprint density at radius 2 is 1.91 bits per heavy atom. The van der Waals surface area contributed by atoms with Gasteiger partial charge in [-0.05, 0) is 56.3 Å². The van der Waals surface area contributed by atoms with E-state index in [1.165, 1.54) is 40.9 Å². The Kier molecular flexibility index (Phi) is 6.71. The van der Waals surface area contributed by atoms with E-state index >= 15 is 0 Å². The molecule has 2 aromatic heterocycles. The number of thiazole rings is 1. The number of rotatable bonds is 8. The van der Waals surface area contributed by atoms with Gasteiger partial charge in [-0.3, -0.25) is 4.79 Å². The van der Waals surface area contributed by atoms with Crippen molar-refractivity contribution in [2.24, 2.45) is 7.05 Å². The molecule has 0 saturated heterocycles. The molecule has 4 rings (SSSR count). The summed E-state index contributed by atoms with van der Waals surface area (Å²) in [5.74, 6) is 0.377. The van der Waals surface area contributed by atoms with Crippen molar-refractivity contribution < 1.29 is 9.18 Å². The van der Waals surface area contributed by atoms with E-state index in [9.17, 15) is 9.18 Å². The highest BCUT2D eigenvalue weighted by Crippen LogP contribution is 2.28. The van der Waals surface area contributed by atoms with Gasteiger partial charge >= 0.3 is 0 Å². The summed E-state index contributed by atoms with van der Waals surface area (Å²) in [4.78, 5) is 19.0. The number of hydrogen-bond acceptors (Lipinski definition) is 7. The van der Waals surface area contributed by atoms with Crippen LogP contribution in [0.5, 0.6) is 0 Å². The summed E-state index contributed by atoms with van der Waals surface area (Å²) in [6.07, 6.45) is 0. The average Bonchev–Trinajstić information content (AvgIpc) is 3.35. The third-order valence-corrected chi connectivity index (χ3v) is 6.97. The van der Waals surface area contributed by atoms with Crippen LogP contribution in [-0.4, -0.2) is 44.5 Å². The molecule has 0 aliphatic heterocycles. The van der Waals surface area contributed by atoms with E-state index in [1.807, 2.05) is 23.7 Å². The normalized spacial score (nSPS) is 11.1. The van der Waals surface area contributed by atoms with Crippen molar-refractivity contribution >= 4 is 50.0 Å². The molecule has 0 atom stereocenters. The number of anilines is 2. The van der Waals surface area contributed by atoms with Crippen molar-refractivity contribution in [1.82, 2.24) is 19.7 Å². The topological polar surface area (TPSA) is 75.9 Å². The molecule has 0 unspecified atom stereocenters. The number of fused-ring (bicyclic) bond motifs is 1. The maximum atomic E-state index is 13.3. The van der Waals surface area contributed by atoms with E-state index < -0.39 is 0 Å². The molecule has 0 bridgehead atoms. The SMILES string of the molecule is CCN(CC)c1ccc(-c2nnc(SCC(=O)Nc3nc4ccc(F)cc4s3)n2C)cc1. The lowest BCUT2D eigenvalue weighted by Crippen LogP contribution is -2.21. The van der Waals surface area contributed by atoms with Crippen LogP contribution in [-0.2, 0) is 11.8 Å². The van der Waals surface area contributed by atoms with Gasteiger partial charge in [0.05, 0.1) is 16.0 Å². The Balaban J connectivity index is 1.39. The number of benzene rings is 2. The number of nitrogens with one attached hydrogen (secondary N) is 1. The molecule has 0 spiro atoms. The average molecular weight is 471 g/mol. The highest BCUT2D eigenvalue weighted by molar-refractivity contribution is 7.99. The van der Waals surface area contributed by atoms with Crippen LogP contribution in [0.2, 0.25) is 0 Å². The molecule has 2 aromatic carbocycles. The monoisotopic (exact) mass is 470 g/mol. The zero-order valence-corrected chi connectivity index (χ0v) is 19.6. The van der Waals surface area contributed by atoms with Gasteiger partial charge in [0.1, 0.15) is 5.82 Å². The molecule has 32 heavy (non-hydrogen) atoms. The van der Waals surface area contributed by atoms with E-state index in [0.717, 1.165) is 24.5 Å². The first kappa shape index (κ1) is 22.2. The summed E-state index contributed by atoms with van der Waals surface area (Å²) in [5, 5.41) is 12.4. The quantitative estimate of drug-likeness (QED) is 0.373. The summed E-state index contributed by atoms with van der Waals surface area (Å²) >= 11 is 2.54. The predicted octanol–water partition coefficient (Wildman–Crippen LogP) is 4.81. The lowest BCUT2D eigenvalue weighted by Gasteiger charge is -2.21. The van der Waals surface area contributed by atoms with Crippen molar-refractivity contribution in [2.45, 2.75) is 19.0 Å². The largest absolute Gasteiger partial charge is 0.372 e. The Hall–Kier alpha value is -2.98. The molecular formula is C22H23FN6OS2. The number of hydrogen-bond donors (Lipinski definition) is 1. The van der Waals surface area contributed by atoms with Crippen LogP contribution in [0.25, 0.3) is 21.6 Å². The van der Waals surface area contributed by atoms with E-state index in [1.54, 1.807) is 6.07 Å². The molecule has 0 fully saturated rings. The highest BCUT2D eigenvalue weighted by Gasteiger charge is 2.15. The highest BCUT2D eigenvalue weighted by atomic mass is 32.2. The van der Waals surface area contributed by atoms with Crippen molar-refractivity contribution in [1.29, 1.82) is 0 Å². The second kappa shape index (κ2) is 9.66.